The van der Waals surface area contributed by atoms with Gasteiger partial charge in [0.05, 0.1) is 0 Å². The van der Waals surface area contributed by atoms with Crippen molar-refractivity contribution in [2.75, 3.05) is 0 Å². The molecule has 13 heteroatoms. The summed E-state index contributed by atoms with van der Waals surface area (Å²) in [6, 6.07) is 13.5. The smallest absolute Gasteiger partial charge is 0.482 e. The van der Waals surface area contributed by atoms with E-state index in [2.05, 4.69) is 29.9 Å². The fourth-order valence-electron chi connectivity index (χ4n) is 2.52. The van der Waals surface area contributed by atoms with Crippen molar-refractivity contribution in [3.05, 3.63) is 132 Å². The van der Waals surface area contributed by atoms with Crippen LogP contribution in [0.2, 0.25) is 0 Å². The summed E-state index contributed by atoms with van der Waals surface area (Å²) in [6.45, 7) is 0. The maximum absolute atomic E-state index is 7.76. The summed E-state index contributed by atoms with van der Waals surface area (Å²) in [4.78, 5) is 23.3. The van der Waals surface area contributed by atoms with E-state index >= 15 is 0 Å². The maximum Gasteiger partial charge on any atom is 2.00 e. The minimum absolute atomic E-state index is 0. The van der Waals surface area contributed by atoms with Crippen molar-refractivity contribution in [3.63, 3.8) is 0 Å². The van der Waals surface area contributed by atoms with E-state index in [0.717, 1.165) is 0 Å². The third-order valence-electron chi connectivity index (χ3n) is 4.26. The van der Waals surface area contributed by atoms with E-state index in [9.17, 15) is 0 Å². The molecular weight excluding hydrogens is 519 g/mol. The van der Waals surface area contributed by atoms with Gasteiger partial charge in [0.2, 0.25) is 0 Å². The minimum atomic E-state index is 0. The SMILES string of the molecule is N=C(N=C([NH-])c1ccncc1)c1ccncc1.N=C(N=C([NH-])c1ccncc1)c1ccncc1.O.O.[Ni+2]. The van der Waals surface area contributed by atoms with E-state index in [1.807, 2.05) is 0 Å². The topological polar surface area (TPSA) is 235 Å². The standard InChI is InChI=1S/2C12H10N5.Ni.2H2O/c2*13-11(9-1-5-15-6-2-9)17-12(14)10-3-7-16-8-4-10;;;/h2*1-8H,(H2-,13,14,17);;2*1H2/q2*-1;+2;;. The summed E-state index contributed by atoms with van der Waals surface area (Å²) in [5.41, 5.74) is 18.1. The number of rotatable bonds is 4. The van der Waals surface area contributed by atoms with E-state index in [0.29, 0.717) is 22.3 Å². The Morgan fingerprint density at radius 2 is 0.703 bits per heavy atom. The molecule has 0 bridgehead atoms. The van der Waals surface area contributed by atoms with Crippen LogP contribution in [0.1, 0.15) is 22.3 Å². The Morgan fingerprint density at radius 3 is 0.946 bits per heavy atom. The molecule has 192 valence electrons. The van der Waals surface area contributed by atoms with Gasteiger partial charge in [0.25, 0.3) is 0 Å². The molecule has 37 heavy (non-hydrogen) atoms. The zero-order chi connectivity index (χ0) is 24.2. The van der Waals surface area contributed by atoms with Gasteiger partial charge in [-0.05, 0) is 70.8 Å². The van der Waals surface area contributed by atoms with Crippen molar-refractivity contribution in [3.8, 4) is 0 Å². The molecule has 0 unspecified atom stereocenters. The number of aliphatic imine (C=N–C) groups is 2. The zero-order valence-electron chi connectivity index (χ0n) is 19.2. The molecule has 4 aromatic heterocycles. The molecule has 8 N–H and O–H groups in total. The molecule has 4 heterocycles. The van der Waals surface area contributed by atoms with Crippen LogP contribution in [0.25, 0.3) is 11.5 Å². The van der Waals surface area contributed by atoms with E-state index < -0.39 is 0 Å². The Kier molecular flexibility index (Phi) is 14.7. The Hall–Kier alpha value is -4.71. The van der Waals surface area contributed by atoms with Crippen molar-refractivity contribution in [1.82, 2.24) is 19.9 Å². The molecule has 4 rings (SSSR count). The molecule has 0 saturated heterocycles. The molecule has 0 aliphatic rings. The van der Waals surface area contributed by atoms with Crippen LogP contribution in [0, 0.1) is 10.8 Å². The molecule has 0 saturated carbocycles. The maximum atomic E-state index is 7.76. The molecule has 0 spiro atoms. The van der Waals surface area contributed by atoms with Gasteiger partial charge in [-0.15, -0.1) is 0 Å². The summed E-state index contributed by atoms with van der Waals surface area (Å²) in [5.74, 6) is 0.201. The van der Waals surface area contributed by atoms with Gasteiger partial charge in [0.1, 0.15) is 0 Å². The molecule has 0 atom stereocenters. The molecule has 0 fully saturated rings. The fourth-order valence-corrected chi connectivity index (χ4v) is 2.52. The van der Waals surface area contributed by atoms with Crippen LogP contribution in [0.5, 0.6) is 0 Å². The van der Waals surface area contributed by atoms with E-state index in [4.69, 9.17) is 22.3 Å². The van der Waals surface area contributed by atoms with E-state index in [-0.39, 0.29) is 50.8 Å². The number of amidine groups is 4. The van der Waals surface area contributed by atoms with Gasteiger partial charge in [0.15, 0.2) is 0 Å². The molecule has 0 radical (unpaired) electrons. The number of nitrogens with zero attached hydrogens (tertiary/aromatic N) is 6. The number of pyridine rings is 4. The Morgan fingerprint density at radius 1 is 0.486 bits per heavy atom. The van der Waals surface area contributed by atoms with Crippen molar-refractivity contribution >= 4 is 23.3 Å². The van der Waals surface area contributed by atoms with Gasteiger partial charge in [-0.2, -0.15) is 0 Å². The van der Waals surface area contributed by atoms with Crippen LogP contribution >= 0.6 is 0 Å². The summed E-state index contributed by atoms with van der Waals surface area (Å²) < 4.78 is 0. The summed E-state index contributed by atoms with van der Waals surface area (Å²) in [5, 5.41) is 15.5. The average molecular weight is 543 g/mol. The van der Waals surface area contributed by atoms with E-state index in [1.165, 1.54) is 0 Å². The predicted molar refractivity (Wildman–Crippen MR) is 140 cm³/mol. The van der Waals surface area contributed by atoms with Gasteiger partial charge < -0.3 is 43.2 Å². The van der Waals surface area contributed by atoms with Gasteiger partial charge >= 0.3 is 16.5 Å². The van der Waals surface area contributed by atoms with Gasteiger partial charge in [0, 0.05) is 61.2 Å². The van der Waals surface area contributed by atoms with Crippen molar-refractivity contribution < 1.29 is 27.4 Å². The van der Waals surface area contributed by atoms with Gasteiger partial charge in [-0.1, -0.05) is 11.7 Å². The third kappa shape index (κ3) is 10.2. The first-order chi connectivity index (χ1) is 16.5. The monoisotopic (exact) mass is 542 g/mol. The molecule has 12 nitrogen and oxygen atoms in total. The number of hydrogen-bond donors (Lipinski definition) is 2. The molecule has 0 aliphatic heterocycles. The Bertz CT molecular complexity index is 1190. The number of nitrogens with one attached hydrogen (secondary N) is 4. The van der Waals surface area contributed by atoms with Crippen LogP contribution in [0.4, 0.5) is 0 Å². The third-order valence-corrected chi connectivity index (χ3v) is 4.26. The zero-order valence-corrected chi connectivity index (χ0v) is 20.2. The Labute approximate surface area is 223 Å². The van der Waals surface area contributed by atoms with Crippen LogP contribution < -0.4 is 0 Å². The molecule has 4 aromatic rings. The quantitative estimate of drug-likeness (QED) is 0.224. The Balaban J connectivity index is 0.000000648. The first-order valence-electron chi connectivity index (χ1n) is 9.94. The average Bonchev–Trinajstić information content (AvgIpc) is 2.91. The van der Waals surface area contributed by atoms with Crippen molar-refractivity contribution in [2.45, 2.75) is 0 Å². The summed E-state index contributed by atoms with van der Waals surface area (Å²) >= 11 is 0. The number of aromatic nitrogens is 4. The van der Waals surface area contributed by atoms with Gasteiger partial charge in [-0.25, -0.2) is 0 Å². The summed E-state index contributed by atoms with van der Waals surface area (Å²) in [7, 11) is 0. The van der Waals surface area contributed by atoms with Crippen LogP contribution in [-0.4, -0.2) is 54.2 Å². The molecule has 0 amide bonds. The van der Waals surface area contributed by atoms with Crippen molar-refractivity contribution in [1.29, 1.82) is 10.8 Å². The minimum Gasteiger partial charge on any atom is -0.482 e. The number of hydrogen-bond acceptors (Lipinski definition) is 6. The van der Waals surface area contributed by atoms with E-state index in [1.54, 1.807) is 98.1 Å². The molecule has 0 aromatic carbocycles. The van der Waals surface area contributed by atoms with Crippen LogP contribution in [-0.2, 0) is 16.5 Å². The summed E-state index contributed by atoms with van der Waals surface area (Å²) in [6.07, 6.45) is 12.7. The normalized spacial score (nSPS) is 10.3. The predicted octanol–water partition coefficient (Wildman–Crippen LogP) is 2.95. The molecular formula is C24H24N10NiO2. The second kappa shape index (κ2) is 16.8. The first-order valence-corrected chi connectivity index (χ1v) is 9.94. The largest absolute Gasteiger partial charge is 2.00 e. The van der Waals surface area contributed by atoms with Gasteiger partial charge in [-0.3, -0.25) is 19.9 Å². The second-order valence-electron chi connectivity index (χ2n) is 6.56. The first kappa shape index (κ1) is 32.3. The van der Waals surface area contributed by atoms with Crippen LogP contribution in [0.15, 0.2) is 108 Å². The van der Waals surface area contributed by atoms with Crippen molar-refractivity contribution in [2.24, 2.45) is 9.98 Å². The second-order valence-corrected chi connectivity index (χ2v) is 6.56. The van der Waals surface area contributed by atoms with Crippen LogP contribution in [0.3, 0.4) is 0 Å². The molecule has 0 aliphatic carbocycles. The fraction of sp³-hybridized carbons (Fsp3) is 0.